The van der Waals surface area contributed by atoms with E-state index in [1.54, 1.807) is 0 Å². The van der Waals surface area contributed by atoms with E-state index >= 15 is 0 Å². The zero-order valence-electron chi connectivity index (χ0n) is 13.8. The Balaban J connectivity index is 1.41. The molecular formula is C20H24ClNO2. The van der Waals surface area contributed by atoms with Gasteiger partial charge in [-0.2, -0.15) is 0 Å². The predicted octanol–water partition coefficient (Wildman–Crippen LogP) is 4.58. The molecule has 0 aliphatic carbocycles. The van der Waals surface area contributed by atoms with Crippen molar-refractivity contribution in [3.05, 3.63) is 64.7 Å². The largest absolute Gasteiger partial charge is 0.489 e. The molecule has 1 heterocycles. The van der Waals surface area contributed by atoms with Gasteiger partial charge in [-0.3, -0.25) is 0 Å². The van der Waals surface area contributed by atoms with Gasteiger partial charge in [-0.15, -0.1) is 0 Å². The molecule has 1 N–H and O–H groups in total. The molecule has 1 unspecified atom stereocenters. The molecule has 1 atom stereocenters. The minimum absolute atomic E-state index is 0.374. The Kier molecular flexibility index (Phi) is 6.53. The van der Waals surface area contributed by atoms with Gasteiger partial charge in [0.25, 0.3) is 0 Å². The van der Waals surface area contributed by atoms with Crippen molar-refractivity contribution in [2.75, 3.05) is 13.2 Å². The van der Waals surface area contributed by atoms with Crippen molar-refractivity contribution in [2.45, 2.75) is 38.5 Å². The van der Waals surface area contributed by atoms with Crippen molar-refractivity contribution < 1.29 is 9.47 Å². The van der Waals surface area contributed by atoms with Gasteiger partial charge in [0.1, 0.15) is 12.4 Å². The van der Waals surface area contributed by atoms with Crippen molar-refractivity contribution in [1.82, 2.24) is 5.32 Å². The standard InChI is InChI=1S/C20H24ClNO2/c21-18-5-3-4-17(12-18)15-24-19-9-7-16(8-10-19)13-22-14-20-6-1-2-11-23-20/h3-5,7-10,12,20,22H,1-2,6,11,13-15H2. The van der Waals surface area contributed by atoms with Gasteiger partial charge in [0.2, 0.25) is 0 Å². The maximum Gasteiger partial charge on any atom is 0.119 e. The molecule has 0 aromatic heterocycles. The maximum absolute atomic E-state index is 5.98. The fourth-order valence-corrected chi connectivity index (χ4v) is 3.06. The Morgan fingerprint density at radius 2 is 1.96 bits per heavy atom. The highest BCUT2D eigenvalue weighted by atomic mass is 35.5. The summed E-state index contributed by atoms with van der Waals surface area (Å²) < 4.78 is 11.5. The van der Waals surface area contributed by atoms with E-state index in [2.05, 4.69) is 17.4 Å². The average Bonchev–Trinajstić information content (AvgIpc) is 2.62. The third-order valence-electron chi connectivity index (χ3n) is 4.19. The van der Waals surface area contributed by atoms with Crippen molar-refractivity contribution in [3.63, 3.8) is 0 Å². The van der Waals surface area contributed by atoms with Crippen molar-refractivity contribution in [1.29, 1.82) is 0 Å². The number of benzene rings is 2. The number of rotatable bonds is 7. The molecule has 0 bridgehead atoms. The third-order valence-corrected chi connectivity index (χ3v) is 4.43. The van der Waals surface area contributed by atoms with Gasteiger partial charge in [0, 0.05) is 24.7 Å². The molecule has 3 nitrogen and oxygen atoms in total. The first kappa shape index (κ1) is 17.3. The van der Waals surface area contributed by atoms with E-state index in [4.69, 9.17) is 21.1 Å². The monoisotopic (exact) mass is 345 g/mol. The summed E-state index contributed by atoms with van der Waals surface area (Å²) in [5.74, 6) is 0.870. The molecule has 3 rings (SSSR count). The summed E-state index contributed by atoms with van der Waals surface area (Å²) in [6.45, 7) is 3.21. The summed E-state index contributed by atoms with van der Waals surface area (Å²) in [5, 5.41) is 4.21. The second kappa shape index (κ2) is 9.07. The fourth-order valence-electron chi connectivity index (χ4n) is 2.84. The Labute approximate surface area is 148 Å². The van der Waals surface area contributed by atoms with Gasteiger partial charge in [0.05, 0.1) is 6.10 Å². The smallest absolute Gasteiger partial charge is 0.119 e. The molecule has 0 radical (unpaired) electrons. The van der Waals surface area contributed by atoms with Crippen LogP contribution in [0.2, 0.25) is 5.02 Å². The minimum atomic E-state index is 0.374. The van der Waals surface area contributed by atoms with E-state index in [1.807, 2.05) is 36.4 Å². The van der Waals surface area contributed by atoms with E-state index < -0.39 is 0 Å². The Morgan fingerprint density at radius 3 is 2.71 bits per heavy atom. The van der Waals surface area contributed by atoms with Crippen molar-refractivity contribution in [2.24, 2.45) is 0 Å². The maximum atomic E-state index is 5.98. The van der Waals surface area contributed by atoms with Crippen LogP contribution in [0.25, 0.3) is 0 Å². The van der Waals surface area contributed by atoms with E-state index in [0.717, 1.165) is 36.0 Å². The lowest BCUT2D eigenvalue weighted by atomic mass is 10.1. The summed E-state index contributed by atoms with van der Waals surface area (Å²) in [7, 11) is 0. The van der Waals surface area contributed by atoms with E-state index in [9.17, 15) is 0 Å². The summed E-state index contributed by atoms with van der Waals surface area (Å²) in [5.41, 5.74) is 2.32. The quantitative estimate of drug-likeness (QED) is 0.796. The van der Waals surface area contributed by atoms with Gasteiger partial charge in [-0.1, -0.05) is 35.9 Å². The van der Waals surface area contributed by atoms with Crippen LogP contribution in [-0.2, 0) is 17.9 Å². The summed E-state index contributed by atoms with van der Waals surface area (Å²) >= 11 is 5.98. The first-order valence-electron chi connectivity index (χ1n) is 8.58. The van der Waals surface area contributed by atoms with Crippen LogP contribution in [0.15, 0.2) is 48.5 Å². The number of hydrogen-bond donors (Lipinski definition) is 1. The van der Waals surface area contributed by atoms with E-state index in [1.165, 1.54) is 24.8 Å². The molecule has 128 valence electrons. The average molecular weight is 346 g/mol. The number of hydrogen-bond acceptors (Lipinski definition) is 3. The molecular weight excluding hydrogens is 322 g/mol. The Hall–Kier alpha value is -1.55. The van der Waals surface area contributed by atoms with E-state index in [-0.39, 0.29) is 0 Å². The van der Waals surface area contributed by atoms with Gasteiger partial charge in [0.15, 0.2) is 0 Å². The van der Waals surface area contributed by atoms with Crippen LogP contribution in [-0.4, -0.2) is 19.3 Å². The molecule has 2 aromatic rings. The number of ether oxygens (including phenoxy) is 2. The second-order valence-corrected chi connectivity index (χ2v) is 6.62. The van der Waals surface area contributed by atoms with Crippen LogP contribution in [0.5, 0.6) is 5.75 Å². The molecule has 1 saturated heterocycles. The van der Waals surface area contributed by atoms with Crippen LogP contribution >= 0.6 is 11.6 Å². The lowest BCUT2D eigenvalue weighted by Gasteiger charge is -2.22. The zero-order valence-corrected chi connectivity index (χ0v) is 14.6. The first-order valence-corrected chi connectivity index (χ1v) is 8.96. The van der Waals surface area contributed by atoms with Crippen LogP contribution in [0, 0.1) is 0 Å². The lowest BCUT2D eigenvalue weighted by Crippen LogP contribution is -2.31. The second-order valence-electron chi connectivity index (χ2n) is 6.18. The highest BCUT2D eigenvalue weighted by molar-refractivity contribution is 6.30. The highest BCUT2D eigenvalue weighted by Crippen LogP contribution is 2.16. The molecule has 1 fully saturated rings. The molecule has 1 aliphatic heterocycles. The van der Waals surface area contributed by atoms with Crippen LogP contribution < -0.4 is 10.1 Å². The van der Waals surface area contributed by atoms with Crippen LogP contribution in [0.4, 0.5) is 0 Å². The molecule has 1 aliphatic rings. The third kappa shape index (κ3) is 5.52. The minimum Gasteiger partial charge on any atom is -0.489 e. The van der Waals surface area contributed by atoms with Gasteiger partial charge in [-0.25, -0.2) is 0 Å². The van der Waals surface area contributed by atoms with Crippen LogP contribution in [0.3, 0.4) is 0 Å². The summed E-state index contributed by atoms with van der Waals surface area (Å²) in [6.07, 6.45) is 4.03. The Bertz CT molecular complexity index is 624. The fraction of sp³-hybridized carbons (Fsp3) is 0.400. The molecule has 24 heavy (non-hydrogen) atoms. The van der Waals surface area contributed by atoms with Gasteiger partial charge >= 0.3 is 0 Å². The van der Waals surface area contributed by atoms with Gasteiger partial charge in [-0.05, 0) is 54.7 Å². The van der Waals surface area contributed by atoms with Gasteiger partial charge < -0.3 is 14.8 Å². The van der Waals surface area contributed by atoms with Crippen LogP contribution in [0.1, 0.15) is 30.4 Å². The highest BCUT2D eigenvalue weighted by Gasteiger charge is 2.12. The topological polar surface area (TPSA) is 30.5 Å². The normalized spacial score (nSPS) is 17.6. The number of halogens is 1. The molecule has 0 spiro atoms. The Morgan fingerprint density at radius 1 is 1.08 bits per heavy atom. The molecule has 0 saturated carbocycles. The summed E-state index contributed by atoms with van der Waals surface area (Å²) in [6, 6.07) is 16.0. The molecule has 2 aromatic carbocycles. The zero-order chi connectivity index (χ0) is 16.6. The predicted molar refractivity (Wildman–Crippen MR) is 97.5 cm³/mol. The van der Waals surface area contributed by atoms with Crippen molar-refractivity contribution >= 4 is 11.6 Å². The molecule has 4 heteroatoms. The van der Waals surface area contributed by atoms with E-state index in [0.29, 0.717) is 12.7 Å². The summed E-state index contributed by atoms with van der Waals surface area (Å²) in [4.78, 5) is 0. The first-order chi connectivity index (χ1) is 11.8. The number of nitrogens with one attached hydrogen (secondary N) is 1. The lowest BCUT2D eigenvalue weighted by molar-refractivity contribution is 0.0168. The SMILES string of the molecule is Clc1cccc(COc2ccc(CNCC3CCCCO3)cc2)c1. The van der Waals surface area contributed by atoms with Crippen molar-refractivity contribution in [3.8, 4) is 5.75 Å². The molecule has 0 amide bonds.